The molecule has 0 radical (unpaired) electrons. The zero-order valence-corrected chi connectivity index (χ0v) is 12.6. The number of carbonyl (C=O) groups is 2. The van der Waals surface area contributed by atoms with Crippen molar-refractivity contribution < 1.29 is 14.3 Å². The van der Waals surface area contributed by atoms with E-state index in [0.717, 1.165) is 11.1 Å². The molecular weight excluding hydrogens is 280 g/mol. The molecule has 0 saturated carbocycles. The Kier molecular flexibility index (Phi) is 5.14. The number of hydrogen-bond acceptors (Lipinski definition) is 3. The Bertz CT molecular complexity index is 669. The minimum atomic E-state index is -0.484. The zero-order valence-electron chi connectivity index (χ0n) is 12.6. The summed E-state index contributed by atoms with van der Waals surface area (Å²) in [6.45, 7) is 2.23. The highest BCUT2D eigenvalue weighted by atomic mass is 16.5. The first-order valence-electron chi connectivity index (χ1n) is 6.88. The number of hydrogen-bond donors (Lipinski definition) is 2. The predicted octanol–water partition coefficient (Wildman–Crippen LogP) is 3.10. The van der Waals surface area contributed by atoms with Crippen molar-refractivity contribution in [1.82, 2.24) is 5.32 Å². The molecular formula is C17H18N2O3. The van der Waals surface area contributed by atoms with E-state index in [4.69, 9.17) is 4.74 Å². The Balaban J connectivity index is 2.07. The van der Waals surface area contributed by atoms with Crippen LogP contribution in [0.25, 0.3) is 0 Å². The third kappa shape index (κ3) is 3.85. The lowest BCUT2D eigenvalue weighted by atomic mass is 10.1. The maximum Gasteiger partial charge on any atom is 0.339 e. The summed E-state index contributed by atoms with van der Waals surface area (Å²) in [5.41, 5.74) is 2.57. The van der Waals surface area contributed by atoms with Crippen molar-refractivity contribution in [3.8, 4) is 0 Å². The fourth-order valence-electron chi connectivity index (χ4n) is 2.05. The van der Waals surface area contributed by atoms with Crippen LogP contribution in [0.2, 0.25) is 0 Å². The molecule has 5 heteroatoms. The summed E-state index contributed by atoms with van der Waals surface area (Å²) >= 11 is 0. The van der Waals surface area contributed by atoms with Crippen molar-refractivity contribution in [3.63, 3.8) is 0 Å². The molecule has 0 aliphatic rings. The summed E-state index contributed by atoms with van der Waals surface area (Å²) in [7, 11) is 1.31. The number of nitrogens with one attached hydrogen (secondary N) is 2. The predicted molar refractivity (Wildman–Crippen MR) is 84.8 cm³/mol. The average Bonchev–Trinajstić information content (AvgIpc) is 2.55. The van der Waals surface area contributed by atoms with Crippen LogP contribution in [0, 0.1) is 6.92 Å². The Morgan fingerprint density at radius 1 is 1.05 bits per heavy atom. The lowest BCUT2D eigenvalue weighted by molar-refractivity contribution is 0.0602. The average molecular weight is 298 g/mol. The summed E-state index contributed by atoms with van der Waals surface area (Å²) in [6.07, 6.45) is 0. The number of aryl methyl sites for hydroxylation is 1. The highest BCUT2D eigenvalue weighted by Gasteiger charge is 2.15. The third-order valence-electron chi connectivity index (χ3n) is 3.21. The molecule has 0 fully saturated rings. The first-order chi connectivity index (χ1) is 10.6. The number of carbonyl (C=O) groups excluding carboxylic acids is 2. The van der Waals surface area contributed by atoms with Crippen LogP contribution in [0.3, 0.4) is 0 Å². The van der Waals surface area contributed by atoms with Crippen LogP contribution in [0.15, 0.2) is 48.5 Å². The van der Waals surface area contributed by atoms with Gasteiger partial charge < -0.3 is 15.4 Å². The van der Waals surface area contributed by atoms with Crippen LogP contribution < -0.4 is 10.6 Å². The summed E-state index contributed by atoms with van der Waals surface area (Å²) in [5.74, 6) is -0.484. The summed E-state index contributed by atoms with van der Waals surface area (Å²) in [6, 6.07) is 14.4. The molecule has 0 aliphatic carbocycles. The monoisotopic (exact) mass is 298 g/mol. The fourth-order valence-corrected chi connectivity index (χ4v) is 2.05. The van der Waals surface area contributed by atoms with Crippen LogP contribution in [0.5, 0.6) is 0 Å². The Morgan fingerprint density at radius 3 is 2.45 bits per heavy atom. The van der Waals surface area contributed by atoms with Gasteiger partial charge in [0.2, 0.25) is 0 Å². The van der Waals surface area contributed by atoms with Crippen LogP contribution in [-0.4, -0.2) is 19.1 Å². The number of rotatable bonds is 4. The number of esters is 1. The van der Waals surface area contributed by atoms with Gasteiger partial charge in [-0.3, -0.25) is 0 Å². The van der Waals surface area contributed by atoms with Gasteiger partial charge in [-0.2, -0.15) is 0 Å². The number of urea groups is 1. The Morgan fingerprint density at radius 2 is 1.77 bits per heavy atom. The van der Waals surface area contributed by atoms with Gasteiger partial charge in [0.25, 0.3) is 0 Å². The molecule has 2 rings (SSSR count). The SMILES string of the molecule is COC(=O)c1cccc(C)c1NC(=O)NCc1ccccc1. The Labute approximate surface area is 129 Å². The summed E-state index contributed by atoms with van der Waals surface area (Å²) in [5, 5.41) is 5.47. The number of anilines is 1. The molecule has 2 N–H and O–H groups in total. The topological polar surface area (TPSA) is 67.4 Å². The largest absolute Gasteiger partial charge is 0.465 e. The van der Waals surface area contributed by atoms with Gasteiger partial charge in [-0.1, -0.05) is 42.5 Å². The van der Waals surface area contributed by atoms with Crippen molar-refractivity contribution in [3.05, 3.63) is 65.2 Å². The fraction of sp³-hybridized carbons (Fsp3) is 0.176. The van der Waals surface area contributed by atoms with E-state index >= 15 is 0 Å². The molecule has 114 valence electrons. The first-order valence-corrected chi connectivity index (χ1v) is 6.88. The number of ether oxygens (including phenoxy) is 1. The molecule has 22 heavy (non-hydrogen) atoms. The van der Waals surface area contributed by atoms with E-state index in [2.05, 4.69) is 10.6 Å². The summed E-state index contributed by atoms with van der Waals surface area (Å²) < 4.78 is 4.73. The van der Waals surface area contributed by atoms with Crippen molar-refractivity contribution >= 4 is 17.7 Å². The quantitative estimate of drug-likeness (QED) is 0.852. The summed E-state index contributed by atoms with van der Waals surface area (Å²) in [4.78, 5) is 23.8. The molecule has 2 aromatic carbocycles. The molecule has 0 aliphatic heterocycles. The van der Waals surface area contributed by atoms with Gasteiger partial charge in [0.1, 0.15) is 0 Å². The third-order valence-corrected chi connectivity index (χ3v) is 3.21. The van der Waals surface area contributed by atoms with Gasteiger partial charge in [-0.05, 0) is 24.1 Å². The van der Waals surface area contributed by atoms with E-state index in [9.17, 15) is 9.59 Å². The minimum Gasteiger partial charge on any atom is -0.465 e. The highest BCUT2D eigenvalue weighted by molar-refractivity contribution is 6.01. The van der Waals surface area contributed by atoms with E-state index in [1.54, 1.807) is 12.1 Å². The number of benzene rings is 2. The standard InChI is InChI=1S/C17H18N2O3/c1-12-7-6-10-14(16(20)22-2)15(12)19-17(21)18-11-13-8-4-3-5-9-13/h3-10H,11H2,1-2H3,(H2,18,19,21). The van der Waals surface area contributed by atoms with Gasteiger partial charge in [-0.15, -0.1) is 0 Å². The van der Waals surface area contributed by atoms with E-state index in [0.29, 0.717) is 17.8 Å². The number of methoxy groups -OCH3 is 1. The molecule has 0 heterocycles. The molecule has 0 spiro atoms. The maximum absolute atomic E-state index is 12.0. The zero-order chi connectivity index (χ0) is 15.9. The second-order valence-electron chi connectivity index (χ2n) is 4.78. The van der Waals surface area contributed by atoms with Crippen LogP contribution in [0.4, 0.5) is 10.5 Å². The van der Waals surface area contributed by atoms with Crippen molar-refractivity contribution in [2.45, 2.75) is 13.5 Å². The molecule has 0 saturated heterocycles. The first kappa shape index (κ1) is 15.6. The van der Waals surface area contributed by atoms with Crippen molar-refractivity contribution in [1.29, 1.82) is 0 Å². The molecule has 0 aromatic heterocycles. The van der Waals surface area contributed by atoms with Gasteiger partial charge >= 0.3 is 12.0 Å². The second-order valence-corrected chi connectivity index (χ2v) is 4.78. The van der Waals surface area contributed by atoms with Crippen molar-refractivity contribution in [2.75, 3.05) is 12.4 Å². The maximum atomic E-state index is 12.0. The van der Waals surface area contributed by atoms with E-state index < -0.39 is 5.97 Å². The lowest BCUT2D eigenvalue weighted by Gasteiger charge is -2.13. The van der Waals surface area contributed by atoms with Crippen LogP contribution >= 0.6 is 0 Å². The molecule has 0 atom stereocenters. The smallest absolute Gasteiger partial charge is 0.339 e. The molecule has 0 unspecified atom stereocenters. The number of para-hydroxylation sites is 1. The van der Waals surface area contributed by atoms with Gasteiger partial charge in [0, 0.05) is 6.54 Å². The molecule has 2 aromatic rings. The molecule has 0 bridgehead atoms. The second kappa shape index (κ2) is 7.26. The Hall–Kier alpha value is -2.82. The van der Waals surface area contributed by atoms with Gasteiger partial charge in [-0.25, -0.2) is 9.59 Å². The lowest BCUT2D eigenvalue weighted by Crippen LogP contribution is -2.29. The van der Waals surface area contributed by atoms with Gasteiger partial charge in [0.15, 0.2) is 0 Å². The van der Waals surface area contributed by atoms with Crippen LogP contribution in [0.1, 0.15) is 21.5 Å². The molecule has 2 amide bonds. The highest BCUT2D eigenvalue weighted by Crippen LogP contribution is 2.21. The van der Waals surface area contributed by atoms with E-state index in [1.165, 1.54) is 7.11 Å². The number of amides is 2. The van der Waals surface area contributed by atoms with Gasteiger partial charge in [0.05, 0.1) is 18.4 Å². The van der Waals surface area contributed by atoms with E-state index in [-0.39, 0.29) is 6.03 Å². The normalized spacial score (nSPS) is 9.91. The van der Waals surface area contributed by atoms with E-state index in [1.807, 2.05) is 43.3 Å². The van der Waals surface area contributed by atoms with Crippen LogP contribution in [-0.2, 0) is 11.3 Å². The van der Waals surface area contributed by atoms with Crippen molar-refractivity contribution in [2.24, 2.45) is 0 Å². The molecule has 5 nitrogen and oxygen atoms in total. The minimum absolute atomic E-state index is 0.331.